The molecular weight excluding hydrogens is 410 g/mol. The van der Waals surface area contributed by atoms with Crippen molar-refractivity contribution in [1.82, 2.24) is 23.9 Å². The van der Waals surface area contributed by atoms with Gasteiger partial charge in [0, 0.05) is 40.3 Å². The molecule has 1 aliphatic heterocycles. The molecule has 1 aromatic carbocycles. The van der Waals surface area contributed by atoms with E-state index in [2.05, 4.69) is 10.2 Å². The molecular formula is C23H29N5O4. The molecule has 3 heterocycles. The van der Waals surface area contributed by atoms with Crippen LogP contribution >= 0.6 is 0 Å². The fourth-order valence-corrected chi connectivity index (χ4v) is 4.18. The van der Waals surface area contributed by atoms with Crippen molar-refractivity contribution in [3.05, 3.63) is 68.5 Å². The molecule has 1 aliphatic rings. The van der Waals surface area contributed by atoms with Gasteiger partial charge in [0.1, 0.15) is 11.3 Å². The third-order valence-corrected chi connectivity index (χ3v) is 5.95. The van der Waals surface area contributed by atoms with Crippen molar-refractivity contribution in [3.8, 4) is 0 Å². The lowest BCUT2D eigenvalue weighted by Crippen LogP contribution is -2.38. The van der Waals surface area contributed by atoms with Crippen LogP contribution in [0.15, 0.2) is 46.0 Å². The second kappa shape index (κ2) is 9.54. The first kappa shape index (κ1) is 22.0. The van der Waals surface area contributed by atoms with Gasteiger partial charge in [0.15, 0.2) is 0 Å². The summed E-state index contributed by atoms with van der Waals surface area (Å²) in [5.41, 5.74) is 0.956. The summed E-state index contributed by atoms with van der Waals surface area (Å²) in [6.45, 7) is 5.12. The molecule has 1 N–H and O–H groups in total. The maximum Gasteiger partial charge on any atom is 0.332 e. The van der Waals surface area contributed by atoms with Crippen molar-refractivity contribution in [1.29, 1.82) is 0 Å². The van der Waals surface area contributed by atoms with E-state index in [1.807, 2.05) is 30.3 Å². The van der Waals surface area contributed by atoms with Gasteiger partial charge in [0.2, 0.25) is 0 Å². The maximum absolute atomic E-state index is 13.1. The molecule has 3 aromatic rings. The van der Waals surface area contributed by atoms with Gasteiger partial charge in [-0.3, -0.25) is 23.6 Å². The molecule has 1 saturated heterocycles. The molecule has 0 aliphatic carbocycles. The predicted molar refractivity (Wildman–Crippen MR) is 122 cm³/mol. The summed E-state index contributed by atoms with van der Waals surface area (Å²) in [6, 6.07) is 11.3. The van der Waals surface area contributed by atoms with Crippen LogP contribution in [-0.2, 0) is 25.4 Å². The Hall–Kier alpha value is -3.17. The molecule has 0 spiro atoms. The van der Waals surface area contributed by atoms with Gasteiger partial charge in [-0.05, 0) is 24.6 Å². The first-order valence-electron chi connectivity index (χ1n) is 10.9. The number of nitrogens with one attached hydrogen (secondary N) is 1. The number of ether oxygens (including phenoxy) is 1. The number of rotatable bonds is 7. The Bertz CT molecular complexity index is 1220. The predicted octanol–water partition coefficient (Wildman–Crippen LogP) is 0.539. The fourth-order valence-electron chi connectivity index (χ4n) is 4.18. The highest BCUT2D eigenvalue weighted by molar-refractivity contribution is 5.98. The van der Waals surface area contributed by atoms with E-state index in [-0.39, 0.29) is 5.91 Å². The highest BCUT2D eigenvalue weighted by atomic mass is 16.5. The van der Waals surface area contributed by atoms with E-state index in [1.165, 1.54) is 11.6 Å². The van der Waals surface area contributed by atoms with E-state index in [4.69, 9.17) is 4.74 Å². The Morgan fingerprint density at radius 2 is 1.78 bits per heavy atom. The number of amides is 1. The van der Waals surface area contributed by atoms with Gasteiger partial charge in [-0.2, -0.15) is 0 Å². The van der Waals surface area contributed by atoms with E-state index in [0.29, 0.717) is 29.8 Å². The Labute approximate surface area is 185 Å². The van der Waals surface area contributed by atoms with Crippen LogP contribution in [0.2, 0.25) is 0 Å². The van der Waals surface area contributed by atoms with Gasteiger partial charge in [-0.25, -0.2) is 4.79 Å². The van der Waals surface area contributed by atoms with Gasteiger partial charge in [-0.15, -0.1) is 0 Å². The summed E-state index contributed by atoms with van der Waals surface area (Å²) in [7, 11) is 3.07. The quantitative estimate of drug-likeness (QED) is 0.543. The van der Waals surface area contributed by atoms with Crippen LogP contribution < -0.4 is 16.6 Å². The van der Waals surface area contributed by atoms with Crippen molar-refractivity contribution >= 4 is 16.9 Å². The summed E-state index contributed by atoms with van der Waals surface area (Å²) in [5, 5.41) is 3.33. The van der Waals surface area contributed by atoms with E-state index in [1.54, 1.807) is 17.7 Å². The van der Waals surface area contributed by atoms with Crippen LogP contribution in [0.5, 0.6) is 0 Å². The molecule has 4 rings (SSSR count). The standard InChI is InChI=1S/C23H29N5O4/c1-25-21-18(22(30)26(2)23(25)31)15-19(28(21)16-17-7-4-3-5-8-17)20(29)24-9-6-10-27-11-13-32-14-12-27/h3-5,7-8,15H,6,9-14,16H2,1-2H3,(H,24,29). The van der Waals surface area contributed by atoms with Crippen LogP contribution in [0.4, 0.5) is 0 Å². The fraction of sp³-hybridized carbons (Fsp3) is 0.435. The Kier molecular flexibility index (Phi) is 6.57. The van der Waals surface area contributed by atoms with Crippen molar-refractivity contribution in [3.63, 3.8) is 0 Å². The van der Waals surface area contributed by atoms with Crippen LogP contribution in [0.1, 0.15) is 22.5 Å². The third kappa shape index (κ3) is 4.39. The molecule has 2 aromatic heterocycles. The zero-order chi connectivity index (χ0) is 22.7. The van der Waals surface area contributed by atoms with Crippen LogP contribution in [-0.4, -0.2) is 63.9 Å². The molecule has 0 radical (unpaired) electrons. The topological polar surface area (TPSA) is 90.5 Å². The summed E-state index contributed by atoms with van der Waals surface area (Å²) >= 11 is 0. The van der Waals surface area contributed by atoms with Gasteiger partial charge in [0.05, 0.1) is 18.6 Å². The zero-order valence-electron chi connectivity index (χ0n) is 18.5. The van der Waals surface area contributed by atoms with E-state index >= 15 is 0 Å². The minimum Gasteiger partial charge on any atom is -0.379 e. The summed E-state index contributed by atoms with van der Waals surface area (Å²) in [4.78, 5) is 40.7. The lowest BCUT2D eigenvalue weighted by atomic mass is 10.2. The Morgan fingerprint density at radius 1 is 1.06 bits per heavy atom. The van der Waals surface area contributed by atoms with Gasteiger partial charge >= 0.3 is 5.69 Å². The lowest BCUT2D eigenvalue weighted by molar-refractivity contribution is 0.0374. The normalized spacial score (nSPS) is 14.7. The average Bonchev–Trinajstić information content (AvgIpc) is 3.19. The smallest absolute Gasteiger partial charge is 0.332 e. The van der Waals surface area contributed by atoms with E-state index in [9.17, 15) is 14.4 Å². The van der Waals surface area contributed by atoms with Crippen molar-refractivity contribution in [2.45, 2.75) is 13.0 Å². The van der Waals surface area contributed by atoms with E-state index < -0.39 is 11.2 Å². The number of morpholine rings is 1. The Balaban J connectivity index is 1.62. The number of benzene rings is 1. The number of fused-ring (bicyclic) bond motifs is 1. The second-order valence-corrected chi connectivity index (χ2v) is 8.11. The largest absolute Gasteiger partial charge is 0.379 e. The minimum atomic E-state index is -0.424. The molecule has 32 heavy (non-hydrogen) atoms. The highest BCUT2D eigenvalue weighted by Crippen LogP contribution is 2.18. The van der Waals surface area contributed by atoms with E-state index in [0.717, 1.165) is 49.4 Å². The van der Waals surface area contributed by atoms with Gasteiger partial charge in [0.25, 0.3) is 11.5 Å². The second-order valence-electron chi connectivity index (χ2n) is 8.11. The molecule has 9 heteroatoms. The molecule has 0 atom stereocenters. The summed E-state index contributed by atoms with van der Waals surface area (Å²) in [5.74, 6) is -0.256. The molecule has 9 nitrogen and oxygen atoms in total. The number of aromatic nitrogens is 3. The van der Waals surface area contributed by atoms with Crippen molar-refractivity contribution < 1.29 is 9.53 Å². The molecule has 170 valence electrons. The van der Waals surface area contributed by atoms with Crippen LogP contribution in [0.25, 0.3) is 11.0 Å². The number of aryl methyl sites for hydroxylation is 1. The average molecular weight is 440 g/mol. The number of nitrogens with zero attached hydrogens (tertiary/aromatic N) is 4. The first-order valence-corrected chi connectivity index (χ1v) is 10.9. The summed E-state index contributed by atoms with van der Waals surface area (Å²) in [6.07, 6.45) is 0.824. The first-order chi connectivity index (χ1) is 15.5. The lowest BCUT2D eigenvalue weighted by Gasteiger charge is -2.26. The summed E-state index contributed by atoms with van der Waals surface area (Å²) < 4.78 is 9.61. The third-order valence-electron chi connectivity index (χ3n) is 5.95. The van der Waals surface area contributed by atoms with Crippen LogP contribution in [0, 0.1) is 0 Å². The molecule has 0 saturated carbocycles. The molecule has 1 fully saturated rings. The molecule has 1 amide bonds. The van der Waals surface area contributed by atoms with Gasteiger partial charge in [-0.1, -0.05) is 30.3 Å². The molecule has 0 bridgehead atoms. The Morgan fingerprint density at radius 3 is 2.50 bits per heavy atom. The minimum absolute atomic E-state index is 0.256. The highest BCUT2D eigenvalue weighted by Gasteiger charge is 2.21. The zero-order valence-corrected chi connectivity index (χ0v) is 18.5. The number of carbonyl (C=O) groups excluding carboxylic acids is 1. The monoisotopic (exact) mass is 439 g/mol. The van der Waals surface area contributed by atoms with Crippen molar-refractivity contribution in [2.24, 2.45) is 14.1 Å². The van der Waals surface area contributed by atoms with Gasteiger partial charge < -0.3 is 14.6 Å². The molecule has 0 unspecified atom stereocenters. The van der Waals surface area contributed by atoms with Crippen LogP contribution in [0.3, 0.4) is 0 Å². The number of carbonyl (C=O) groups is 1. The maximum atomic E-state index is 13.1. The SMILES string of the molecule is Cn1c(=O)c2cc(C(=O)NCCCN3CCOCC3)n(Cc3ccccc3)c2n(C)c1=O. The van der Waals surface area contributed by atoms with Crippen molar-refractivity contribution in [2.75, 3.05) is 39.4 Å². The number of hydrogen-bond donors (Lipinski definition) is 1. The number of hydrogen-bond acceptors (Lipinski definition) is 5.